The van der Waals surface area contributed by atoms with Gasteiger partial charge in [-0.15, -0.1) is 5.10 Å². The number of nitrogens with zero attached hydrogens (tertiary/aromatic N) is 4. The van der Waals surface area contributed by atoms with Crippen molar-refractivity contribution in [1.29, 1.82) is 0 Å². The fourth-order valence-electron chi connectivity index (χ4n) is 1.87. The molecule has 1 aromatic heterocycles. The van der Waals surface area contributed by atoms with Crippen LogP contribution in [0.3, 0.4) is 0 Å². The number of rotatable bonds is 3. The maximum Gasteiger partial charge on any atom is 0.182 e. The molecule has 0 aliphatic heterocycles. The Hall–Kier alpha value is -2.56. The van der Waals surface area contributed by atoms with Crippen LogP contribution in [0.15, 0.2) is 54.6 Å². The molecule has 94 valence electrons. The summed E-state index contributed by atoms with van der Waals surface area (Å²) in [6.07, 6.45) is 0. The van der Waals surface area contributed by atoms with E-state index in [0.29, 0.717) is 12.4 Å². The number of hydrogen-bond donors (Lipinski definition) is 0. The van der Waals surface area contributed by atoms with Gasteiger partial charge >= 0.3 is 0 Å². The smallest absolute Gasteiger partial charge is 0.182 e. The van der Waals surface area contributed by atoms with E-state index in [1.807, 2.05) is 30.3 Å². The molecule has 4 nitrogen and oxygen atoms in total. The number of tetrazole rings is 1. The summed E-state index contributed by atoms with van der Waals surface area (Å²) in [5.41, 5.74) is 1.90. The maximum absolute atomic E-state index is 12.9. The van der Waals surface area contributed by atoms with Crippen molar-refractivity contribution in [3.63, 3.8) is 0 Å². The van der Waals surface area contributed by atoms with Crippen molar-refractivity contribution < 1.29 is 4.39 Å². The third-order valence-corrected chi connectivity index (χ3v) is 2.81. The predicted molar refractivity (Wildman–Crippen MR) is 68.8 cm³/mol. The van der Waals surface area contributed by atoms with Gasteiger partial charge in [0.15, 0.2) is 5.82 Å². The quantitative estimate of drug-likeness (QED) is 0.721. The summed E-state index contributed by atoms with van der Waals surface area (Å²) in [5.74, 6) is 0.452. The Bertz CT molecular complexity index is 661. The zero-order chi connectivity index (χ0) is 13.1. The van der Waals surface area contributed by atoms with Crippen LogP contribution < -0.4 is 0 Å². The molecule has 0 amide bonds. The summed E-state index contributed by atoms with van der Waals surface area (Å²) >= 11 is 0. The van der Waals surface area contributed by atoms with Gasteiger partial charge in [0.2, 0.25) is 0 Å². The van der Waals surface area contributed by atoms with E-state index in [9.17, 15) is 4.39 Å². The third kappa shape index (κ3) is 2.49. The van der Waals surface area contributed by atoms with Crippen molar-refractivity contribution in [3.8, 4) is 11.4 Å². The van der Waals surface area contributed by atoms with Crippen LogP contribution in [0.1, 0.15) is 5.56 Å². The zero-order valence-electron chi connectivity index (χ0n) is 10.1. The SMILES string of the molecule is Fc1ccc(Cn2nnnc2-c2ccccc2)cc1. The molecule has 3 rings (SSSR count). The van der Waals surface area contributed by atoms with Crippen molar-refractivity contribution in [2.24, 2.45) is 0 Å². The Balaban J connectivity index is 1.91. The molecule has 2 aromatic carbocycles. The van der Waals surface area contributed by atoms with Crippen molar-refractivity contribution in [2.75, 3.05) is 0 Å². The molecule has 0 saturated carbocycles. The molecule has 0 aliphatic rings. The lowest BCUT2D eigenvalue weighted by atomic mass is 10.2. The van der Waals surface area contributed by atoms with Crippen LogP contribution in [0.2, 0.25) is 0 Å². The van der Waals surface area contributed by atoms with E-state index in [1.54, 1.807) is 16.8 Å². The van der Waals surface area contributed by atoms with Gasteiger partial charge in [0.25, 0.3) is 0 Å². The van der Waals surface area contributed by atoms with Gasteiger partial charge in [-0.1, -0.05) is 42.5 Å². The summed E-state index contributed by atoms with van der Waals surface area (Å²) < 4.78 is 14.6. The average molecular weight is 254 g/mol. The molecule has 3 aromatic rings. The maximum atomic E-state index is 12.9. The highest BCUT2D eigenvalue weighted by Gasteiger charge is 2.08. The summed E-state index contributed by atoms with van der Waals surface area (Å²) in [7, 11) is 0. The van der Waals surface area contributed by atoms with Crippen molar-refractivity contribution in [3.05, 3.63) is 66.0 Å². The fraction of sp³-hybridized carbons (Fsp3) is 0.0714. The minimum Gasteiger partial charge on any atom is -0.221 e. The van der Waals surface area contributed by atoms with E-state index in [-0.39, 0.29) is 5.82 Å². The van der Waals surface area contributed by atoms with Gasteiger partial charge in [-0.3, -0.25) is 0 Å². The van der Waals surface area contributed by atoms with E-state index in [0.717, 1.165) is 11.1 Å². The highest BCUT2D eigenvalue weighted by molar-refractivity contribution is 5.54. The minimum atomic E-state index is -0.247. The number of halogens is 1. The van der Waals surface area contributed by atoms with E-state index in [1.165, 1.54) is 12.1 Å². The first-order valence-corrected chi connectivity index (χ1v) is 5.89. The summed E-state index contributed by atoms with van der Waals surface area (Å²) in [6.45, 7) is 0.511. The van der Waals surface area contributed by atoms with E-state index < -0.39 is 0 Å². The molecule has 5 heteroatoms. The molecule has 0 radical (unpaired) electrons. The van der Waals surface area contributed by atoms with E-state index >= 15 is 0 Å². The molecular formula is C14H11FN4. The fourth-order valence-corrected chi connectivity index (χ4v) is 1.87. The number of aromatic nitrogens is 4. The highest BCUT2D eigenvalue weighted by Crippen LogP contribution is 2.16. The molecule has 0 N–H and O–H groups in total. The lowest BCUT2D eigenvalue weighted by Gasteiger charge is -2.04. The third-order valence-electron chi connectivity index (χ3n) is 2.81. The molecule has 0 bridgehead atoms. The molecular weight excluding hydrogens is 243 g/mol. The Morgan fingerprint density at radius 3 is 2.42 bits per heavy atom. The summed E-state index contributed by atoms with van der Waals surface area (Å²) in [6, 6.07) is 16.0. The number of benzene rings is 2. The van der Waals surface area contributed by atoms with Crippen LogP contribution in [0.25, 0.3) is 11.4 Å². The first-order valence-electron chi connectivity index (χ1n) is 5.89. The Morgan fingerprint density at radius 2 is 1.68 bits per heavy atom. The van der Waals surface area contributed by atoms with Gasteiger partial charge in [0.05, 0.1) is 6.54 Å². The lowest BCUT2D eigenvalue weighted by molar-refractivity contribution is 0.622. The Morgan fingerprint density at radius 1 is 0.947 bits per heavy atom. The first kappa shape index (κ1) is 11.5. The molecule has 0 spiro atoms. The minimum absolute atomic E-state index is 0.247. The van der Waals surface area contributed by atoms with Crippen LogP contribution in [0.5, 0.6) is 0 Å². The lowest BCUT2D eigenvalue weighted by Crippen LogP contribution is -2.04. The Labute approximate surface area is 109 Å². The molecule has 1 heterocycles. The van der Waals surface area contributed by atoms with Gasteiger partial charge < -0.3 is 0 Å². The normalized spacial score (nSPS) is 10.6. The Kier molecular flexibility index (Phi) is 3.02. The van der Waals surface area contributed by atoms with Gasteiger partial charge in [0, 0.05) is 5.56 Å². The second kappa shape index (κ2) is 4.97. The zero-order valence-corrected chi connectivity index (χ0v) is 10.1. The molecule has 0 saturated heterocycles. The van der Waals surface area contributed by atoms with Gasteiger partial charge in [-0.25, -0.2) is 9.07 Å². The van der Waals surface area contributed by atoms with E-state index in [2.05, 4.69) is 15.5 Å². The van der Waals surface area contributed by atoms with Crippen LogP contribution in [-0.4, -0.2) is 20.2 Å². The second-order valence-electron chi connectivity index (χ2n) is 4.15. The first-order chi connectivity index (χ1) is 9.33. The molecule has 0 aliphatic carbocycles. The molecule has 0 unspecified atom stereocenters. The van der Waals surface area contributed by atoms with Gasteiger partial charge in [-0.05, 0) is 28.1 Å². The number of hydrogen-bond acceptors (Lipinski definition) is 3. The van der Waals surface area contributed by atoms with Crippen LogP contribution in [0, 0.1) is 5.82 Å². The second-order valence-corrected chi connectivity index (χ2v) is 4.15. The topological polar surface area (TPSA) is 43.6 Å². The largest absolute Gasteiger partial charge is 0.221 e. The van der Waals surface area contributed by atoms with Crippen molar-refractivity contribution in [2.45, 2.75) is 6.54 Å². The standard InChI is InChI=1S/C14H11FN4/c15-13-8-6-11(7-9-13)10-19-14(16-17-18-19)12-4-2-1-3-5-12/h1-9H,10H2. The molecule has 0 atom stereocenters. The predicted octanol–water partition coefficient (Wildman–Crippen LogP) is 2.53. The molecule has 19 heavy (non-hydrogen) atoms. The highest BCUT2D eigenvalue weighted by atomic mass is 19.1. The van der Waals surface area contributed by atoms with E-state index in [4.69, 9.17) is 0 Å². The monoisotopic (exact) mass is 254 g/mol. The summed E-state index contributed by atoms with van der Waals surface area (Å²) in [4.78, 5) is 0. The van der Waals surface area contributed by atoms with Gasteiger partial charge in [-0.2, -0.15) is 0 Å². The average Bonchev–Trinajstić information content (AvgIpc) is 2.90. The molecule has 0 fully saturated rings. The summed E-state index contributed by atoms with van der Waals surface area (Å²) in [5, 5.41) is 11.7. The van der Waals surface area contributed by atoms with Crippen LogP contribution in [-0.2, 0) is 6.54 Å². The van der Waals surface area contributed by atoms with Crippen molar-refractivity contribution >= 4 is 0 Å². The van der Waals surface area contributed by atoms with Crippen LogP contribution in [0.4, 0.5) is 4.39 Å². The van der Waals surface area contributed by atoms with Crippen LogP contribution >= 0.6 is 0 Å². The van der Waals surface area contributed by atoms with Gasteiger partial charge in [0.1, 0.15) is 5.82 Å². The van der Waals surface area contributed by atoms with Crippen molar-refractivity contribution in [1.82, 2.24) is 20.2 Å².